The van der Waals surface area contributed by atoms with Crippen molar-refractivity contribution < 1.29 is 9.31 Å². The molecule has 0 aromatic heterocycles. The van der Waals surface area contributed by atoms with Gasteiger partial charge in [0.15, 0.2) is 0 Å². The number of fused-ring (bicyclic) bond motifs is 2. The van der Waals surface area contributed by atoms with Crippen molar-refractivity contribution in [2.75, 3.05) is 13.2 Å². The van der Waals surface area contributed by atoms with Gasteiger partial charge in [-0.25, -0.2) is 0 Å². The highest BCUT2D eigenvalue weighted by Gasteiger charge is 2.21. The van der Waals surface area contributed by atoms with Gasteiger partial charge in [-0.05, 0) is 52.0 Å². The first-order valence-electron chi connectivity index (χ1n) is 9.47. The van der Waals surface area contributed by atoms with Crippen LogP contribution in [0.1, 0.15) is 39.5 Å². The van der Waals surface area contributed by atoms with E-state index >= 15 is 0 Å². The monoisotopic (exact) mass is 334 g/mol. The summed E-state index contributed by atoms with van der Waals surface area (Å²) < 4.78 is 12.1. The van der Waals surface area contributed by atoms with Crippen molar-refractivity contribution >= 4 is 34.1 Å². The fourth-order valence-corrected chi connectivity index (χ4v) is 3.02. The normalized spacial score (nSPS) is 11.3. The number of benzene rings is 3. The summed E-state index contributed by atoms with van der Waals surface area (Å²) in [6, 6.07) is 19.5. The van der Waals surface area contributed by atoms with Gasteiger partial charge in [0, 0.05) is 13.2 Å². The van der Waals surface area contributed by atoms with E-state index in [0.29, 0.717) is 0 Å². The second-order valence-corrected chi connectivity index (χ2v) is 6.59. The third-order valence-corrected chi connectivity index (χ3v) is 4.54. The highest BCUT2D eigenvalue weighted by molar-refractivity contribution is 6.61. The molecule has 0 unspecified atom stereocenters. The van der Waals surface area contributed by atoms with Crippen LogP contribution in [-0.4, -0.2) is 20.3 Å². The fraction of sp³-hybridized carbons (Fsp3) is 0.364. The molecule has 0 amide bonds. The van der Waals surface area contributed by atoms with E-state index in [2.05, 4.69) is 68.4 Å². The third kappa shape index (κ3) is 4.62. The largest absolute Gasteiger partial charge is 0.493 e. The van der Waals surface area contributed by atoms with Crippen molar-refractivity contribution in [3.8, 4) is 0 Å². The maximum absolute atomic E-state index is 6.03. The van der Waals surface area contributed by atoms with E-state index in [4.69, 9.17) is 9.31 Å². The summed E-state index contributed by atoms with van der Waals surface area (Å²) in [4.78, 5) is 0. The van der Waals surface area contributed by atoms with Gasteiger partial charge in [-0.1, -0.05) is 69.2 Å². The first-order chi connectivity index (χ1) is 12.3. The highest BCUT2D eigenvalue weighted by atomic mass is 16.6. The molecule has 0 heterocycles. The average Bonchev–Trinajstić information content (AvgIpc) is 2.65. The van der Waals surface area contributed by atoms with E-state index in [1.165, 1.54) is 21.5 Å². The van der Waals surface area contributed by atoms with Crippen LogP contribution in [-0.2, 0) is 9.31 Å². The van der Waals surface area contributed by atoms with E-state index in [1.54, 1.807) is 0 Å². The van der Waals surface area contributed by atoms with E-state index in [-0.39, 0.29) is 7.12 Å². The fourth-order valence-electron chi connectivity index (χ4n) is 3.02. The maximum atomic E-state index is 6.03. The Morgan fingerprint density at radius 3 is 1.84 bits per heavy atom. The van der Waals surface area contributed by atoms with Crippen LogP contribution in [0, 0.1) is 0 Å². The molecule has 0 N–H and O–H groups in total. The highest BCUT2D eigenvalue weighted by Crippen LogP contribution is 2.22. The van der Waals surface area contributed by atoms with Gasteiger partial charge in [-0.2, -0.15) is 0 Å². The lowest BCUT2D eigenvalue weighted by molar-refractivity contribution is 0.202. The molecule has 0 aliphatic heterocycles. The smallest absolute Gasteiger partial charge is 0.407 e. The maximum Gasteiger partial charge on any atom is 0.493 e. The zero-order chi connectivity index (χ0) is 17.5. The van der Waals surface area contributed by atoms with E-state index in [9.17, 15) is 0 Å². The summed E-state index contributed by atoms with van der Waals surface area (Å²) in [6.07, 6.45) is 4.38. The van der Waals surface area contributed by atoms with Gasteiger partial charge in [0.25, 0.3) is 0 Å². The van der Waals surface area contributed by atoms with Crippen molar-refractivity contribution in [1.29, 1.82) is 0 Å². The molecular formula is C22H27BO2. The van der Waals surface area contributed by atoms with Gasteiger partial charge in [-0.15, -0.1) is 0 Å². The van der Waals surface area contributed by atoms with Crippen LogP contribution in [0.3, 0.4) is 0 Å². The van der Waals surface area contributed by atoms with Crippen LogP contribution in [0.25, 0.3) is 21.5 Å². The van der Waals surface area contributed by atoms with E-state index < -0.39 is 0 Å². The molecule has 25 heavy (non-hydrogen) atoms. The van der Waals surface area contributed by atoms with Gasteiger partial charge in [0.1, 0.15) is 0 Å². The van der Waals surface area contributed by atoms with Crippen LogP contribution in [0.5, 0.6) is 0 Å². The Morgan fingerprint density at radius 2 is 1.24 bits per heavy atom. The van der Waals surface area contributed by atoms with Crippen molar-refractivity contribution in [3.05, 3.63) is 54.6 Å². The minimum absolute atomic E-state index is 0.269. The Morgan fingerprint density at radius 1 is 0.680 bits per heavy atom. The molecule has 0 saturated heterocycles. The van der Waals surface area contributed by atoms with Crippen molar-refractivity contribution in [1.82, 2.24) is 0 Å². The third-order valence-electron chi connectivity index (χ3n) is 4.54. The summed E-state index contributed by atoms with van der Waals surface area (Å²) in [5.74, 6) is 0. The quantitative estimate of drug-likeness (QED) is 0.299. The Bertz CT molecular complexity index is 805. The lowest BCUT2D eigenvalue weighted by Gasteiger charge is -2.15. The van der Waals surface area contributed by atoms with Crippen LogP contribution in [0.4, 0.5) is 0 Å². The summed E-state index contributed by atoms with van der Waals surface area (Å²) in [5, 5.41) is 5.03. The van der Waals surface area contributed by atoms with Gasteiger partial charge >= 0.3 is 7.12 Å². The molecule has 0 radical (unpaired) electrons. The Labute approximate surface area is 151 Å². The molecule has 3 aromatic carbocycles. The molecule has 3 rings (SSSR count). The molecule has 0 saturated carbocycles. The summed E-state index contributed by atoms with van der Waals surface area (Å²) >= 11 is 0. The van der Waals surface area contributed by atoms with Crippen LogP contribution in [0.2, 0.25) is 0 Å². The molecule has 130 valence electrons. The molecule has 3 aromatic rings. The summed E-state index contributed by atoms with van der Waals surface area (Å²) in [5.41, 5.74) is 1.11. The second kappa shape index (κ2) is 9.03. The van der Waals surface area contributed by atoms with Gasteiger partial charge in [0.05, 0.1) is 0 Å². The molecule has 3 heteroatoms. The lowest BCUT2D eigenvalue weighted by atomic mass is 9.77. The van der Waals surface area contributed by atoms with Gasteiger partial charge in [0.2, 0.25) is 0 Å². The lowest BCUT2D eigenvalue weighted by Crippen LogP contribution is -2.37. The molecule has 0 aliphatic carbocycles. The van der Waals surface area contributed by atoms with Crippen LogP contribution >= 0.6 is 0 Å². The minimum Gasteiger partial charge on any atom is -0.407 e. The predicted octanol–water partition coefficient (Wildman–Crippen LogP) is 5.32. The molecular weight excluding hydrogens is 307 g/mol. The SMILES string of the molecule is CCCCOB(OCCCC)c1ccc2cc3ccccc3cc2c1. The standard InChI is InChI=1S/C22H27BO2/c1-3-5-13-24-23(25-14-6-4-2)22-12-11-20-15-18-9-7-8-10-19(18)16-21(20)17-22/h7-12,15-17H,3-6,13-14H2,1-2H3. The topological polar surface area (TPSA) is 18.5 Å². The van der Waals surface area contributed by atoms with Crippen molar-refractivity contribution in [2.45, 2.75) is 39.5 Å². The van der Waals surface area contributed by atoms with E-state index in [1.807, 2.05) is 0 Å². The first-order valence-corrected chi connectivity index (χ1v) is 9.47. The molecule has 0 aliphatic rings. The predicted molar refractivity (Wildman–Crippen MR) is 109 cm³/mol. The van der Waals surface area contributed by atoms with Gasteiger partial charge < -0.3 is 9.31 Å². The molecule has 0 spiro atoms. The van der Waals surface area contributed by atoms with Crippen molar-refractivity contribution in [3.63, 3.8) is 0 Å². The number of unbranched alkanes of at least 4 members (excludes halogenated alkanes) is 2. The van der Waals surface area contributed by atoms with Gasteiger partial charge in [-0.3, -0.25) is 0 Å². The Hall–Kier alpha value is -1.84. The number of hydrogen-bond acceptors (Lipinski definition) is 2. The Kier molecular flexibility index (Phi) is 6.49. The zero-order valence-electron chi connectivity index (χ0n) is 15.3. The first kappa shape index (κ1) is 18.0. The molecule has 0 bridgehead atoms. The van der Waals surface area contributed by atoms with Crippen LogP contribution in [0.15, 0.2) is 54.6 Å². The number of rotatable bonds is 9. The minimum atomic E-state index is -0.269. The zero-order valence-corrected chi connectivity index (χ0v) is 15.3. The van der Waals surface area contributed by atoms with Crippen molar-refractivity contribution in [2.24, 2.45) is 0 Å². The molecule has 0 fully saturated rings. The van der Waals surface area contributed by atoms with Crippen LogP contribution < -0.4 is 5.46 Å². The number of hydrogen-bond donors (Lipinski definition) is 0. The molecule has 2 nitrogen and oxygen atoms in total. The average molecular weight is 334 g/mol. The summed E-state index contributed by atoms with van der Waals surface area (Å²) in [7, 11) is -0.269. The summed E-state index contributed by atoms with van der Waals surface area (Å²) in [6.45, 7) is 5.83. The second-order valence-electron chi connectivity index (χ2n) is 6.59. The Balaban J connectivity index is 1.88. The van der Waals surface area contributed by atoms with E-state index in [0.717, 1.165) is 44.4 Å². The molecule has 0 atom stereocenters.